The van der Waals surface area contributed by atoms with Gasteiger partial charge in [-0.2, -0.15) is 0 Å². The summed E-state index contributed by atoms with van der Waals surface area (Å²) in [6.07, 6.45) is -0.355. The van der Waals surface area contributed by atoms with Gasteiger partial charge in [0.05, 0.1) is 6.54 Å². The third-order valence-electron chi connectivity index (χ3n) is 5.28. The SMILES string of the molecule is CNC(=O)COC1CN(C(=O)c2ccc(C)cc2)CCC(=O)N(C)c2ccccc21. The molecule has 1 heterocycles. The van der Waals surface area contributed by atoms with Crippen molar-refractivity contribution in [2.24, 2.45) is 0 Å². The fraction of sp³-hybridized carbons (Fsp3) is 0.348. The number of ether oxygens (including phenoxy) is 1. The van der Waals surface area contributed by atoms with Crippen LogP contribution in [0.5, 0.6) is 0 Å². The lowest BCUT2D eigenvalue weighted by Gasteiger charge is -2.28. The maximum atomic E-state index is 13.2. The molecule has 0 fully saturated rings. The van der Waals surface area contributed by atoms with Crippen molar-refractivity contribution in [3.05, 3.63) is 65.2 Å². The lowest BCUT2D eigenvalue weighted by atomic mass is 10.0. The molecular weight excluding hydrogens is 382 g/mol. The Labute approximate surface area is 176 Å². The summed E-state index contributed by atoms with van der Waals surface area (Å²) in [5.74, 6) is -0.511. The van der Waals surface area contributed by atoms with E-state index in [4.69, 9.17) is 4.74 Å². The Hall–Kier alpha value is -3.19. The molecule has 158 valence electrons. The molecule has 1 unspecified atom stereocenters. The van der Waals surface area contributed by atoms with Crippen LogP contribution in [-0.4, -0.2) is 56.4 Å². The van der Waals surface area contributed by atoms with Gasteiger partial charge in [0.2, 0.25) is 11.8 Å². The molecule has 1 aliphatic rings. The average molecular weight is 409 g/mol. The Bertz CT molecular complexity index is 926. The Morgan fingerprint density at radius 3 is 2.53 bits per heavy atom. The number of fused-ring (bicyclic) bond motifs is 1. The molecular formula is C23H27N3O4. The molecule has 1 aliphatic heterocycles. The van der Waals surface area contributed by atoms with Crippen molar-refractivity contribution in [2.75, 3.05) is 38.7 Å². The van der Waals surface area contributed by atoms with Crippen molar-refractivity contribution >= 4 is 23.4 Å². The van der Waals surface area contributed by atoms with E-state index in [2.05, 4.69) is 5.32 Å². The van der Waals surface area contributed by atoms with Crippen LogP contribution in [0.1, 0.15) is 34.0 Å². The van der Waals surface area contributed by atoms with Crippen molar-refractivity contribution in [2.45, 2.75) is 19.4 Å². The van der Waals surface area contributed by atoms with E-state index in [-0.39, 0.29) is 43.8 Å². The highest BCUT2D eigenvalue weighted by molar-refractivity contribution is 5.96. The van der Waals surface area contributed by atoms with Gasteiger partial charge in [0, 0.05) is 43.9 Å². The number of para-hydroxylation sites is 1. The maximum absolute atomic E-state index is 13.2. The number of nitrogens with zero attached hydrogens (tertiary/aromatic N) is 2. The standard InChI is InChI=1S/C23H27N3O4/c1-16-8-10-17(11-9-16)23(29)26-13-12-22(28)25(3)19-7-5-4-6-18(19)20(14-26)30-15-21(27)24-2/h4-11,20H,12-15H2,1-3H3,(H,24,27). The molecule has 0 spiro atoms. The monoisotopic (exact) mass is 409 g/mol. The fourth-order valence-electron chi connectivity index (χ4n) is 3.44. The molecule has 2 aromatic carbocycles. The normalized spacial score (nSPS) is 16.9. The van der Waals surface area contributed by atoms with Gasteiger partial charge in [-0.1, -0.05) is 35.9 Å². The molecule has 2 aromatic rings. The first-order chi connectivity index (χ1) is 14.4. The third-order valence-corrected chi connectivity index (χ3v) is 5.28. The van der Waals surface area contributed by atoms with Gasteiger partial charge in [-0.15, -0.1) is 0 Å². The summed E-state index contributed by atoms with van der Waals surface area (Å²) in [4.78, 5) is 40.9. The molecule has 0 saturated heterocycles. The second kappa shape index (κ2) is 9.54. The van der Waals surface area contributed by atoms with Gasteiger partial charge in [-0.05, 0) is 25.1 Å². The molecule has 1 N–H and O–H groups in total. The van der Waals surface area contributed by atoms with Crippen molar-refractivity contribution in [1.82, 2.24) is 10.2 Å². The number of nitrogens with one attached hydrogen (secondary N) is 1. The van der Waals surface area contributed by atoms with Gasteiger partial charge in [0.15, 0.2) is 0 Å². The number of carbonyl (C=O) groups excluding carboxylic acids is 3. The van der Waals surface area contributed by atoms with Crippen LogP contribution in [0.25, 0.3) is 0 Å². The molecule has 0 radical (unpaired) electrons. The number of amides is 3. The molecule has 0 aromatic heterocycles. The van der Waals surface area contributed by atoms with E-state index < -0.39 is 6.10 Å². The van der Waals surface area contributed by atoms with Gasteiger partial charge in [-0.25, -0.2) is 0 Å². The first-order valence-electron chi connectivity index (χ1n) is 9.94. The molecule has 0 aliphatic carbocycles. The smallest absolute Gasteiger partial charge is 0.253 e. The zero-order valence-electron chi connectivity index (χ0n) is 17.6. The Morgan fingerprint density at radius 1 is 1.13 bits per heavy atom. The van der Waals surface area contributed by atoms with Gasteiger partial charge in [0.1, 0.15) is 12.7 Å². The summed E-state index contributed by atoms with van der Waals surface area (Å²) in [5, 5.41) is 2.54. The molecule has 7 nitrogen and oxygen atoms in total. The number of benzene rings is 2. The number of rotatable bonds is 4. The van der Waals surface area contributed by atoms with E-state index in [0.29, 0.717) is 11.3 Å². The summed E-state index contributed by atoms with van der Waals surface area (Å²) in [6, 6.07) is 14.8. The minimum atomic E-state index is -0.554. The van der Waals surface area contributed by atoms with E-state index in [0.717, 1.165) is 11.1 Å². The molecule has 1 atom stereocenters. The van der Waals surface area contributed by atoms with Crippen molar-refractivity contribution in [3.63, 3.8) is 0 Å². The number of aryl methyl sites for hydroxylation is 1. The summed E-state index contributed by atoms with van der Waals surface area (Å²) < 4.78 is 5.93. The van der Waals surface area contributed by atoms with Crippen LogP contribution in [0, 0.1) is 6.92 Å². The molecule has 0 saturated carbocycles. The van der Waals surface area contributed by atoms with Crippen LogP contribution in [0.15, 0.2) is 48.5 Å². The van der Waals surface area contributed by atoms with E-state index in [1.54, 1.807) is 36.0 Å². The number of anilines is 1. The van der Waals surface area contributed by atoms with E-state index in [9.17, 15) is 14.4 Å². The quantitative estimate of drug-likeness (QED) is 0.841. The number of hydrogen-bond acceptors (Lipinski definition) is 4. The van der Waals surface area contributed by atoms with Crippen LogP contribution in [0.4, 0.5) is 5.69 Å². The minimum absolute atomic E-state index is 0.0869. The summed E-state index contributed by atoms with van der Waals surface area (Å²) in [5.41, 5.74) is 3.10. The van der Waals surface area contributed by atoms with Crippen LogP contribution >= 0.6 is 0 Å². The number of carbonyl (C=O) groups is 3. The van der Waals surface area contributed by atoms with Crippen LogP contribution in [-0.2, 0) is 14.3 Å². The first kappa shape index (κ1) is 21.5. The molecule has 7 heteroatoms. The van der Waals surface area contributed by atoms with E-state index in [1.807, 2.05) is 43.3 Å². The van der Waals surface area contributed by atoms with Crippen molar-refractivity contribution < 1.29 is 19.1 Å². The lowest BCUT2D eigenvalue weighted by molar-refractivity contribution is -0.127. The van der Waals surface area contributed by atoms with Gasteiger partial charge < -0.3 is 19.9 Å². The Balaban J connectivity index is 1.96. The highest BCUT2D eigenvalue weighted by atomic mass is 16.5. The topological polar surface area (TPSA) is 79.0 Å². The third kappa shape index (κ3) is 4.86. The average Bonchev–Trinajstić information content (AvgIpc) is 2.81. The van der Waals surface area contributed by atoms with Gasteiger partial charge in [-0.3, -0.25) is 14.4 Å². The number of likely N-dealkylation sites (N-methyl/N-ethyl adjacent to an activating group) is 1. The largest absolute Gasteiger partial charge is 0.362 e. The Morgan fingerprint density at radius 2 is 1.83 bits per heavy atom. The van der Waals surface area contributed by atoms with Crippen molar-refractivity contribution in [1.29, 1.82) is 0 Å². The van der Waals surface area contributed by atoms with E-state index in [1.165, 1.54) is 0 Å². The summed E-state index contributed by atoms with van der Waals surface area (Å²) in [7, 11) is 3.26. The lowest BCUT2D eigenvalue weighted by Crippen LogP contribution is -2.37. The second-order valence-electron chi connectivity index (χ2n) is 7.35. The maximum Gasteiger partial charge on any atom is 0.253 e. The summed E-state index contributed by atoms with van der Waals surface area (Å²) >= 11 is 0. The van der Waals surface area contributed by atoms with Crippen LogP contribution < -0.4 is 10.2 Å². The highest BCUT2D eigenvalue weighted by Crippen LogP contribution is 2.31. The zero-order valence-corrected chi connectivity index (χ0v) is 17.6. The van der Waals surface area contributed by atoms with Gasteiger partial charge in [0.25, 0.3) is 5.91 Å². The minimum Gasteiger partial charge on any atom is -0.362 e. The predicted octanol–water partition coefficient (Wildman–Crippen LogP) is 2.31. The molecule has 3 rings (SSSR count). The Kier molecular flexibility index (Phi) is 6.84. The molecule has 3 amide bonds. The summed E-state index contributed by atoms with van der Waals surface area (Å²) in [6.45, 7) is 2.33. The molecule has 0 bridgehead atoms. The van der Waals surface area contributed by atoms with Crippen LogP contribution in [0.2, 0.25) is 0 Å². The highest BCUT2D eigenvalue weighted by Gasteiger charge is 2.29. The fourth-order valence-corrected chi connectivity index (χ4v) is 3.44. The first-order valence-corrected chi connectivity index (χ1v) is 9.94. The van der Waals surface area contributed by atoms with Gasteiger partial charge >= 0.3 is 0 Å². The second-order valence-corrected chi connectivity index (χ2v) is 7.35. The van der Waals surface area contributed by atoms with Crippen molar-refractivity contribution in [3.8, 4) is 0 Å². The zero-order chi connectivity index (χ0) is 21.7. The molecule has 30 heavy (non-hydrogen) atoms. The van der Waals surface area contributed by atoms with Crippen LogP contribution in [0.3, 0.4) is 0 Å². The number of hydrogen-bond donors (Lipinski definition) is 1. The van der Waals surface area contributed by atoms with E-state index >= 15 is 0 Å². The predicted molar refractivity (Wildman–Crippen MR) is 114 cm³/mol.